The van der Waals surface area contributed by atoms with Crippen LogP contribution in [0, 0.1) is 0 Å². The van der Waals surface area contributed by atoms with Crippen LogP contribution in [0.3, 0.4) is 0 Å². The summed E-state index contributed by atoms with van der Waals surface area (Å²) in [6.45, 7) is 5.58. The van der Waals surface area contributed by atoms with E-state index in [1.54, 1.807) is 6.08 Å². The molecule has 8 atom stereocenters. The first-order valence-electron chi connectivity index (χ1n) is 32.7. The third kappa shape index (κ3) is 44.5. The monoisotopic (exact) mass is 1130 g/mol. The number of rotatable bonds is 54. The van der Waals surface area contributed by atoms with Gasteiger partial charge in [0.25, 0.3) is 0 Å². The third-order valence-electron chi connectivity index (χ3n) is 14.8. The molecule has 464 valence electrons. The van der Waals surface area contributed by atoms with E-state index in [0.717, 1.165) is 83.5 Å². The number of allylic oxidation sites excluding steroid dienone is 17. The number of unbranched alkanes of at least 4 members (excludes halogenated alkanes) is 28. The van der Waals surface area contributed by atoms with E-state index in [9.17, 15) is 35.1 Å². The summed E-state index contributed by atoms with van der Waals surface area (Å²) >= 11 is 0. The molecule has 0 aromatic rings. The molecule has 6 N–H and O–H groups in total. The first-order valence-corrected chi connectivity index (χ1v) is 32.7. The normalized spacial score (nSPS) is 19.4. The summed E-state index contributed by atoms with van der Waals surface area (Å²) in [5.41, 5.74) is 0. The van der Waals surface area contributed by atoms with Crippen molar-refractivity contribution in [3.8, 4) is 0 Å². The Balaban J connectivity index is 2.60. The highest BCUT2D eigenvalue weighted by molar-refractivity contribution is 5.80. The number of amides is 1. The Bertz CT molecular complexity index is 1730. The van der Waals surface area contributed by atoms with Crippen LogP contribution in [-0.4, -0.2) is 99.6 Å². The minimum Gasteiger partial charge on any atom is -0.454 e. The van der Waals surface area contributed by atoms with E-state index in [0.29, 0.717) is 12.8 Å². The van der Waals surface area contributed by atoms with Crippen molar-refractivity contribution in [3.05, 3.63) is 109 Å². The van der Waals surface area contributed by atoms with Crippen molar-refractivity contribution in [1.82, 2.24) is 5.32 Å². The zero-order valence-electron chi connectivity index (χ0n) is 51.4. The molecule has 0 spiro atoms. The first kappa shape index (κ1) is 75.3. The average molecular weight is 1130 g/mol. The van der Waals surface area contributed by atoms with Crippen molar-refractivity contribution in [2.45, 2.75) is 307 Å². The lowest BCUT2D eigenvalue weighted by Crippen LogP contribution is -2.61. The van der Waals surface area contributed by atoms with Gasteiger partial charge in [-0.15, -0.1) is 0 Å². The van der Waals surface area contributed by atoms with E-state index in [-0.39, 0.29) is 19.4 Å². The van der Waals surface area contributed by atoms with Crippen LogP contribution in [0.1, 0.15) is 258 Å². The second kappa shape index (κ2) is 56.8. The number of ether oxygens (including phenoxy) is 3. The van der Waals surface area contributed by atoms with Crippen molar-refractivity contribution in [3.63, 3.8) is 0 Å². The van der Waals surface area contributed by atoms with E-state index < -0.39 is 67.4 Å². The first-order chi connectivity index (χ1) is 39.7. The van der Waals surface area contributed by atoms with Crippen LogP contribution in [0.2, 0.25) is 0 Å². The molecule has 0 bridgehead atoms. The minimum atomic E-state index is -1.64. The standard InChI is InChI=1S/C70H119NO10/c1-4-7-10-13-16-19-22-24-26-27-28-29-30-31-32-33-34-35-36-38-39-42-45-48-51-54-57-63(74)69(78)71-61(62(73)56-53-50-47-44-41-21-18-15-12-9-6-3)60-79-70-68(67(77)66(76)64(59-72)80-70)81-65(75)58-55-52-49-46-43-40-37-25-23-20-17-14-11-8-5-2/h8,11,14,16-17,19-20,23-26,28-29,37,40,43,53,56,61-64,66-68,70,72-74,76-77H,4-7,9-10,12-13,15,18,21-22,27,30-36,38-39,41-42,44-52,54-55,57-60H2,1-3H3,(H,71,78)/b11-8+,17-14+,19-16-,23-20-,26-24-,29-28-,37-25-,43-40+,56-53+. The van der Waals surface area contributed by atoms with E-state index in [4.69, 9.17) is 14.2 Å². The van der Waals surface area contributed by atoms with Crippen LogP contribution in [0.4, 0.5) is 0 Å². The van der Waals surface area contributed by atoms with Gasteiger partial charge in [0, 0.05) is 6.42 Å². The van der Waals surface area contributed by atoms with Crippen LogP contribution >= 0.6 is 0 Å². The summed E-state index contributed by atoms with van der Waals surface area (Å²) in [4.78, 5) is 26.5. The van der Waals surface area contributed by atoms with Crippen molar-refractivity contribution in [1.29, 1.82) is 0 Å². The number of carbonyl (C=O) groups excluding carboxylic acids is 2. The molecule has 11 heteroatoms. The molecule has 1 heterocycles. The van der Waals surface area contributed by atoms with E-state index in [1.807, 2.05) is 54.7 Å². The molecule has 0 saturated carbocycles. The Morgan fingerprint density at radius 3 is 1.47 bits per heavy atom. The van der Waals surface area contributed by atoms with Gasteiger partial charge in [-0.25, -0.2) is 0 Å². The zero-order chi connectivity index (χ0) is 58.9. The Hall–Kier alpha value is -3.68. The molecule has 1 saturated heterocycles. The number of hydrogen-bond acceptors (Lipinski definition) is 10. The SMILES string of the molecule is CC/C=C/C=C/C=C\C=C/C=C/CCCCCC(=O)OC1C(OCC(NC(=O)C(O)CCCCCCCCCCCCCCC/C=C\C/C=C\C/C=C\CCCCC)C(O)/C=C/CCCCCCCCCCC)OC(CO)C(O)C1O. The lowest BCUT2D eigenvalue weighted by molar-refractivity contribution is -0.305. The molecule has 1 amide bonds. The molecule has 1 aliphatic heterocycles. The Labute approximate surface area is 494 Å². The van der Waals surface area contributed by atoms with Crippen LogP contribution in [0.5, 0.6) is 0 Å². The average Bonchev–Trinajstić information content (AvgIpc) is 3.50. The highest BCUT2D eigenvalue weighted by atomic mass is 16.7. The minimum absolute atomic E-state index is 0.0697. The van der Waals surface area contributed by atoms with Crippen LogP contribution in [0.15, 0.2) is 109 Å². The fraction of sp³-hybridized carbons (Fsp3) is 0.714. The maximum atomic E-state index is 13.4. The maximum Gasteiger partial charge on any atom is 0.306 e. The van der Waals surface area contributed by atoms with Crippen LogP contribution < -0.4 is 5.32 Å². The van der Waals surface area contributed by atoms with Crippen molar-refractivity contribution in [2.24, 2.45) is 0 Å². The molecule has 0 aliphatic carbocycles. The number of nitrogens with one attached hydrogen (secondary N) is 1. The van der Waals surface area contributed by atoms with Gasteiger partial charge in [0.05, 0.1) is 25.4 Å². The smallest absolute Gasteiger partial charge is 0.306 e. The Kier molecular flexibility index (Phi) is 52.8. The number of aliphatic hydroxyl groups is 5. The van der Waals surface area contributed by atoms with Gasteiger partial charge < -0.3 is 45.1 Å². The predicted molar refractivity (Wildman–Crippen MR) is 338 cm³/mol. The molecule has 0 aromatic carbocycles. The number of esters is 1. The van der Waals surface area contributed by atoms with Gasteiger partial charge in [-0.2, -0.15) is 0 Å². The van der Waals surface area contributed by atoms with Gasteiger partial charge in [-0.05, 0) is 83.5 Å². The maximum absolute atomic E-state index is 13.4. The van der Waals surface area contributed by atoms with Gasteiger partial charge in [0.2, 0.25) is 5.91 Å². The molecule has 1 rings (SSSR count). The molecule has 81 heavy (non-hydrogen) atoms. The lowest BCUT2D eigenvalue weighted by Gasteiger charge is -2.41. The van der Waals surface area contributed by atoms with Gasteiger partial charge in [0.1, 0.15) is 24.4 Å². The quantitative estimate of drug-likeness (QED) is 0.0149. The molecular weight excluding hydrogens is 1010 g/mol. The topological polar surface area (TPSA) is 175 Å². The van der Waals surface area contributed by atoms with Crippen molar-refractivity contribution < 1.29 is 49.3 Å². The second-order valence-corrected chi connectivity index (χ2v) is 22.2. The predicted octanol–water partition coefficient (Wildman–Crippen LogP) is 16.1. The van der Waals surface area contributed by atoms with Crippen LogP contribution in [-0.2, 0) is 23.8 Å². The highest BCUT2D eigenvalue weighted by Gasteiger charge is 2.47. The summed E-state index contributed by atoms with van der Waals surface area (Å²) in [6, 6.07) is -1.04. The van der Waals surface area contributed by atoms with Crippen molar-refractivity contribution in [2.75, 3.05) is 13.2 Å². The van der Waals surface area contributed by atoms with E-state index in [2.05, 4.69) is 74.7 Å². The number of hydrogen-bond donors (Lipinski definition) is 6. The fourth-order valence-electron chi connectivity index (χ4n) is 9.62. The largest absolute Gasteiger partial charge is 0.454 e. The Morgan fingerprint density at radius 1 is 0.506 bits per heavy atom. The van der Waals surface area contributed by atoms with Crippen molar-refractivity contribution >= 4 is 11.9 Å². The summed E-state index contributed by atoms with van der Waals surface area (Å²) in [5, 5.41) is 57.0. The molecular formula is C70H119NO10. The summed E-state index contributed by atoms with van der Waals surface area (Å²) < 4.78 is 17.6. The zero-order valence-corrected chi connectivity index (χ0v) is 51.4. The van der Waals surface area contributed by atoms with E-state index in [1.165, 1.54) is 128 Å². The van der Waals surface area contributed by atoms with Gasteiger partial charge in [-0.1, -0.05) is 278 Å². The molecule has 11 nitrogen and oxygen atoms in total. The highest BCUT2D eigenvalue weighted by Crippen LogP contribution is 2.26. The molecule has 8 unspecified atom stereocenters. The number of carbonyl (C=O) groups is 2. The summed E-state index contributed by atoms with van der Waals surface area (Å²) in [6.07, 6.45) is 67.1. The number of aliphatic hydroxyl groups excluding tert-OH is 5. The molecule has 0 aromatic heterocycles. The fourth-order valence-corrected chi connectivity index (χ4v) is 9.62. The second-order valence-electron chi connectivity index (χ2n) is 22.2. The molecule has 1 fully saturated rings. The van der Waals surface area contributed by atoms with Gasteiger partial charge in [0.15, 0.2) is 12.4 Å². The van der Waals surface area contributed by atoms with Crippen LogP contribution in [0.25, 0.3) is 0 Å². The third-order valence-corrected chi connectivity index (χ3v) is 14.8. The summed E-state index contributed by atoms with van der Waals surface area (Å²) in [5.74, 6) is -1.24. The molecule has 0 radical (unpaired) electrons. The van der Waals surface area contributed by atoms with Gasteiger partial charge >= 0.3 is 5.97 Å². The lowest BCUT2D eigenvalue weighted by atomic mass is 9.99. The summed E-state index contributed by atoms with van der Waals surface area (Å²) in [7, 11) is 0. The van der Waals surface area contributed by atoms with E-state index >= 15 is 0 Å². The molecule has 1 aliphatic rings. The van der Waals surface area contributed by atoms with Gasteiger partial charge in [-0.3, -0.25) is 9.59 Å². The Morgan fingerprint density at radius 2 is 0.938 bits per heavy atom.